The van der Waals surface area contributed by atoms with Gasteiger partial charge < -0.3 is 15.5 Å². The predicted molar refractivity (Wildman–Crippen MR) is 66.6 cm³/mol. The quantitative estimate of drug-likeness (QED) is 0.665. The van der Waals surface area contributed by atoms with Gasteiger partial charge in [0.15, 0.2) is 0 Å². The number of Topliss-reactive ketones (excluding diaryl/α,β-unsaturated/α-hetero) is 1. The van der Waals surface area contributed by atoms with Gasteiger partial charge in [0, 0.05) is 12.5 Å². The zero-order chi connectivity index (χ0) is 14.0. The van der Waals surface area contributed by atoms with E-state index in [0.717, 1.165) is 0 Å². The van der Waals surface area contributed by atoms with Crippen molar-refractivity contribution < 1.29 is 19.8 Å². The highest BCUT2D eigenvalue weighted by atomic mass is 16.3. The number of nitrogens with one attached hydrogen (secondary N) is 1. The summed E-state index contributed by atoms with van der Waals surface area (Å²) in [5.74, 6) is -0.0556. The van der Waals surface area contributed by atoms with Gasteiger partial charge in [0.25, 0.3) is 0 Å². The van der Waals surface area contributed by atoms with Gasteiger partial charge in [-0.2, -0.15) is 0 Å². The van der Waals surface area contributed by atoms with E-state index in [1.54, 1.807) is 13.8 Å². The third-order valence-corrected chi connectivity index (χ3v) is 1.51. The Bertz CT molecular complexity index is 213. The lowest BCUT2D eigenvalue weighted by Crippen LogP contribution is -2.32. The van der Waals surface area contributed by atoms with Gasteiger partial charge in [0.2, 0.25) is 5.91 Å². The molecule has 0 aromatic carbocycles. The van der Waals surface area contributed by atoms with Crippen molar-refractivity contribution in [1.29, 1.82) is 0 Å². The van der Waals surface area contributed by atoms with E-state index in [2.05, 4.69) is 5.32 Å². The van der Waals surface area contributed by atoms with Gasteiger partial charge in [-0.05, 0) is 34.6 Å². The number of aliphatic hydroxyl groups excluding tert-OH is 2. The van der Waals surface area contributed by atoms with Crippen LogP contribution in [0.5, 0.6) is 0 Å². The molecule has 0 heterocycles. The molecule has 0 rings (SSSR count). The van der Waals surface area contributed by atoms with Crippen LogP contribution in [0.4, 0.5) is 0 Å². The molecule has 0 unspecified atom stereocenters. The molecule has 3 N–H and O–H groups in total. The first-order chi connectivity index (χ1) is 7.65. The summed E-state index contributed by atoms with van der Waals surface area (Å²) in [6, 6.07) is 0.159. The Morgan fingerprint density at radius 3 is 1.59 bits per heavy atom. The van der Waals surface area contributed by atoms with Crippen molar-refractivity contribution in [2.24, 2.45) is 0 Å². The fourth-order valence-corrected chi connectivity index (χ4v) is 1.07. The minimum Gasteiger partial charge on any atom is -0.393 e. The van der Waals surface area contributed by atoms with Crippen LogP contribution in [-0.4, -0.2) is 40.2 Å². The summed E-state index contributed by atoms with van der Waals surface area (Å²) in [6.45, 7) is 8.44. The molecular weight excluding hydrogens is 222 g/mol. The van der Waals surface area contributed by atoms with Crippen molar-refractivity contribution in [2.45, 2.75) is 65.7 Å². The Morgan fingerprint density at radius 1 is 1.00 bits per heavy atom. The summed E-state index contributed by atoms with van der Waals surface area (Å²) in [5.41, 5.74) is 0. The SMILES string of the molecule is CC(=O)C[C@@H](C)O.CC(C)NC(=O)C[C@@H](C)O. The second-order valence-electron chi connectivity index (χ2n) is 4.53. The number of rotatable bonds is 5. The molecule has 2 atom stereocenters. The highest BCUT2D eigenvalue weighted by molar-refractivity contribution is 5.76. The molecule has 5 nitrogen and oxygen atoms in total. The van der Waals surface area contributed by atoms with Crippen molar-refractivity contribution in [2.75, 3.05) is 0 Å². The molecule has 0 aliphatic carbocycles. The summed E-state index contributed by atoms with van der Waals surface area (Å²) >= 11 is 0. The van der Waals surface area contributed by atoms with Gasteiger partial charge >= 0.3 is 0 Å². The molecule has 17 heavy (non-hydrogen) atoms. The van der Waals surface area contributed by atoms with E-state index >= 15 is 0 Å². The van der Waals surface area contributed by atoms with Gasteiger partial charge in [-0.1, -0.05) is 0 Å². The van der Waals surface area contributed by atoms with Crippen LogP contribution in [0.1, 0.15) is 47.5 Å². The van der Waals surface area contributed by atoms with E-state index in [9.17, 15) is 9.59 Å². The molecule has 0 aromatic heterocycles. The number of carbonyl (C=O) groups is 2. The molecule has 0 saturated carbocycles. The smallest absolute Gasteiger partial charge is 0.222 e. The average Bonchev–Trinajstić information content (AvgIpc) is 1.97. The molecule has 0 saturated heterocycles. The van der Waals surface area contributed by atoms with Crippen LogP contribution < -0.4 is 5.32 Å². The molecule has 0 fully saturated rings. The third-order valence-electron chi connectivity index (χ3n) is 1.51. The van der Waals surface area contributed by atoms with E-state index in [1.165, 1.54) is 6.92 Å². The Kier molecular flexibility index (Phi) is 11.1. The Morgan fingerprint density at radius 2 is 1.41 bits per heavy atom. The topological polar surface area (TPSA) is 86.6 Å². The van der Waals surface area contributed by atoms with Crippen molar-refractivity contribution in [1.82, 2.24) is 5.32 Å². The van der Waals surface area contributed by atoms with Crippen molar-refractivity contribution in [3.05, 3.63) is 0 Å². The highest BCUT2D eigenvalue weighted by Gasteiger charge is 2.05. The first-order valence-electron chi connectivity index (χ1n) is 5.80. The van der Waals surface area contributed by atoms with Gasteiger partial charge in [-0.25, -0.2) is 0 Å². The largest absolute Gasteiger partial charge is 0.393 e. The minimum absolute atomic E-state index is 0.0370. The Balaban J connectivity index is 0. The molecule has 102 valence electrons. The minimum atomic E-state index is -0.543. The van der Waals surface area contributed by atoms with Crippen LogP contribution in [0.25, 0.3) is 0 Å². The maximum absolute atomic E-state index is 10.8. The fraction of sp³-hybridized carbons (Fsp3) is 0.833. The van der Waals surface area contributed by atoms with Crippen LogP contribution in [0.3, 0.4) is 0 Å². The van der Waals surface area contributed by atoms with E-state index in [-0.39, 0.29) is 30.6 Å². The fourth-order valence-electron chi connectivity index (χ4n) is 1.07. The zero-order valence-corrected chi connectivity index (χ0v) is 11.4. The number of aliphatic hydroxyl groups is 2. The van der Waals surface area contributed by atoms with Crippen LogP contribution >= 0.6 is 0 Å². The van der Waals surface area contributed by atoms with Gasteiger partial charge in [0.1, 0.15) is 5.78 Å². The van der Waals surface area contributed by atoms with Gasteiger partial charge in [-0.3, -0.25) is 9.59 Å². The molecule has 1 amide bonds. The van der Waals surface area contributed by atoms with E-state index in [1.807, 2.05) is 13.8 Å². The molecule has 0 aliphatic rings. The molecule has 0 spiro atoms. The van der Waals surface area contributed by atoms with Crippen LogP contribution in [0.15, 0.2) is 0 Å². The number of amides is 1. The summed E-state index contributed by atoms with van der Waals surface area (Å²) in [5, 5.41) is 20.0. The standard InChI is InChI=1S/C7H15NO2.C5H10O2/c1-5(2)8-7(10)4-6(3)9;1-4(6)3-5(2)7/h5-6,9H,4H2,1-3H3,(H,8,10);4,6H,3H2,1-2H3/t6-;4-/m11/s1. The van der Waals surface area contributed by atoms with E-state index in [0.29, 0.717) is 0 Å². The molecule has 0 radical (unpaired) electrons. The lowest BCUT2D eigenvalue weighted by Gasteiger charge is -2.08. The monoisotopic (exact) mass is 247 g/mol. The lowest BCUT2D eigenvalue weighted by molar-refractivity contribution is -0.123. The molecule has 0 bridgehead atoms. The Labute approximate surface area is 103 Å². The number of hydrogen-bond donors (Lipinski definition) is 3. The van der Waals surface area contributed by atoms with Gasteiger partial charge in [-0.15, -0.1) is 0 Å². The predicted octanol–water partition coefficient (Wildman–Crippen LogP) is 0.628. The maximum atomic E-state index is 10.8. The highest BCUT2D eigenvalue weighted by Crippen LogP contribution is 1.89. The van der Waals surface area contributed by atoms with E-state index < -0.39 is 12.2 Å². The number of carbonyl (C=O) groups excluding carboxylic acids is 2. The van der Waals surface area contributed by atoms with Gasteiger partial charge in [0.05, 0.1) is 18.6 Å². The number of ketones is 1. The van der Waals surface area contributed by atoms with Crippen molar-refractivity contribution in [3.63, 3.8) is 0 Å². The first-order valence-corrected chi connectivity index (χ1v) is 5.80. The lowest BCUT2D eigenvalue weighted by atomic mass is 10.2. The second kappa shape index (κ2) is 10.2. The summed E-state index contributed by atoms with van der Waals surface area (Å²) in [4.78, 5) is 20.9. The average molecular weight is 247 g/mol. The summed E-state index contributed by atoms with van der Waals surface area (Å²) in [7, 11) is 0. The molecule has 0 aliphatic heterocycles. The van der Waals surface area contributed by atoms with Crippen molar-refractivity contribution >= 4 is 11.7 Å². The maximum Gasteiger partial charge on any atom is 0.222 e. The number of hydrogen-bond acceptors (Lipinski definition) is 4. The van der Waals surface area contributed by atoms with Crippen LogP contribution in [0, 0.1) is 0 Å². The van der Waals surface area contributed by atoms with Crippen molar-refractivity contribution in [3.8, 4) is 0 Å². The first kappa shape index (κ1) is 18.4. The zero-order valence-electron chi connectivity index (χ0n) is 11.4. The second-order valence-corrected chi connectivity index (χ2v) is 4.53. The summed E-state index contributed by atoms with van der Waals surface area (Å²) < 4.78 is 0. The van der Waals surface area contributed by atoms with E-state index in [4.69, 9.17) is 10.2 Å². The Hall–Kier alpha value is -0.940. The third kappa shape index (κ3) is 21.0. The molecule has 5 heteroatoms. The normalized spacial score (nSPS) is 13.4. The van der Waals surface area contributed by atoms with Crippen LogP contribution in [-0.2, 0) is 9.59 Å². The molecular formula is C12H25NO4. The van der Waals surface area contributed by atoms with Crippen LogP contribution in [0.2, 0.25) is 0 Å². The summed E-state index contributed by atoms with van der Waals surface area (Å²) in [6.07, 6.45) is -0.547. The molecule has 0 aromatic rings.